The lowest BCUT2D eigenvalue weighted by atomic mass is 9.95. The topological polar surface area (TPSA) is 69.0 Å². The lowest BCUT2D eigenvalue weighted by Crippen LogP contribution is -2.35. The molecule has 6 nitrogen and oxygen atoms in total. The van der Waals surface area contributed by atoms with Crippen LogP contribution in [0.15, 0.2) is 72.6 Å². The molecular formula is C32H24F6N4O2. The maximum Gasteiger partial charge on any atom is 0.293 e. The lowest BCUT2D eigenvalue weighted by molar-refractivity contribution is -0.123. The number of ether oxygens (including phenoxy) is 1. The van der Waals surface area contributed by atoms with Crippen molar-refractivity contribution in [2.45, 2.75) is 50.1 Å². The molecule has 12 heteroatoms. The number of halogens is 6. The number of pyridine rings is 1. The standard InChI is InChI=1S/C32H24F6N4O2/c33-18-10-16(11-19(34)13-18)12-25(28-22(2-1-9-39-28)17-3-5-20(6-4-17)44-21-7-8-21)40-26(43)15-42-30-27(29(41-42)31(35)36)23-14-24(23)32(30,37)38/h1-7,9-11,13,23-25,31H,8,12,14-15H2,(H,40,43)/t23?,24?,25-/m0/s1. The largest absolute Gasteiger partial charge is 0.462 e. The van der Waals surface area contributed by atoms with Gasteiger partial charge in [0.1, 0.15) is 41.1 Å². The van der Waals surface area contributed by atoms with Gasteiger partial charge < -0.3 is 10.1 Å². The molecule has 2 unspecified atom stereocenters. The van der Waals surface area contributed by atoms with Gasteiger partial charge in [-0.25, -0.2) is 17.6 Å². The van der Waals surface area contributed by atoms with E-state index < -0.39 is 65.7 Å². The van der Waals surface area contributed by atoms with Gasteiger partial charge in [-0.05, 0) is 66.3 Å². The Labute approximate surface area is 247 Å². The number of carbonyl (C=O) groups is 1. The number of nitrogens with one attached hydrogen (secondary N) is 1. The fourth-order valence-corrected chi connectivity index (χ4v) is 6.05. The Kier molecular flexibility index (Phi) is 6.74. The number of fused-ring (bicyclic) bond motifs is 3. The molecule has 1 fully saturated rings. The van der Waals surface area contributed by atoms with Crippen molar-refractivity contribution in [3.05, 3.63) is 112 Å². The highest BCUT2D eigenvalue weighted by Crippen LogP contribution is 2.68. The van der Waals surface area contributed by atoms with Crippen molar-refractivity contribution in [1.29, 1.82) is 0 Å². The smallest absolute Gasteiger partial charge is 0.293 e. The van der Waals surface area contributed by atoms with Gasteiger partial charge in [-0.2, -0.15) is 13.9 Å². The average Bonchev–Trinajstić information content (AvgIpc) is 3.89. The van der Waals surface area contributed by atoms with Crippen LogP contribution in [0.4, 0.5) is 26.3 Å². The molecule has 3 atom stereocenters. The molecule has 0 aliphatic heterocycles. The van der Waals surface area contributed by atoms with Crippen LogP contribution in [0.1, 0.15) is 59.4 Å². The van der Waals surface area contributed by atoms with Crippen molar-refractivity contribution in [1.82, 2.24) is 20.1 Å². The number of nitrogens with zero attached hydrogens (tertiary/aromatic N) is 3. The highest BCUT2D eigenvalue weighted by atomic mass is 19.3. The molecule has 3 aliphatic rings. The zero-order valence-corrected chi connectivity index (χ0v) is 22.9. The van der Waals surface area contributed by atoms with Gasteiger partial charge >= 0.3 is 0 Å². The van der Waals surface area contributed by atoms with Crippen molar-refractivity contribution in [3.8, 4) is 16.9 Å². The molecule has 7 rings (SSSR count). The number of aromatic nitrogens is 3. The van der Waals surface area contributed by atoms with E-state index in [1.54, 1.807) is 36.4 Å². The summed E-state index contributed by atoms with van der Waals surface area (Å²) in [4.78, 5) is 17.9. The Bertz CT molecular complexity index is 1780. The number of benzene rings is 2. The Morgan fingerprint density at radius 2 is 1.80 bits per heavy atom. The fraction of sp³-hybridized carbons (Fsp3) is 0.281. The molecule has 226 valence electrons. The third-order valence-corrected chi connectivity index (χ3v) is 8.11. The molecule has 4 aromatic rings. The van der Waals surface area contributed by atoms with Crippen molar-refractivity contribution in [3.63, 3.8) is 0 Å². The molecule has 1 N–H and O–H groups in total. The SMILES string of the molecule is O=C(Cn1nc(C(F)F)c2c1C(F)(F)C1CC21)N[C@@H](Cc1cc(F)cc(F)c1)c1ncccc1-c1ccc(OC2=CC2)cc1. The summed E-state index contributed by atoms with van der Waals surface area (Å²) in [5.74, 6) is -6.13. The van der Waals surface area contributed by atoms with Crippen LogP contribution in [0, 0.1) is 17.6 Å². The second-order valence-electron chi connectivity index (χ2n) is 11.2. The van der Waals surface area contributed by atoms with Crippen LogP contribution in [0.25, 0.3) is 11.1 Å². The summed E-state index contributed by atoms with van der Waals surface area (Å²) in [7, 11) is 0. The molecule has 2 heterocycles. The molecule has 0 saturated heterocycles. The predicted octanol–water partition coefficient (Wildman–Crippen LogP) is 7.14. The van der Waals surface area contributed by atoms with E-state index in [4.69, 9.17) is 4.74 Å². The van der Waals surface area contributed by atoms with Crippen LogP contribution in [-0.4, -0.2) is 20.7 Å². The molecule has 3 aliphatic carbocycles. The number of alkyl halides is 4. The summed E-state index contributed by atoms with van der Waals surface area (Å²) < 4.78 is 92.2. The number of hydrogen-bond donors (Lipinski definition) is 1. The monoisotopic (exact) mass is 610 g/mol. The van der Waals surface area contributed by atoms with Crippen molar-refractivity contribution < 1.29 is 35.9 Å². The van der Waals surface area contributed by atoms with Gasteiger partial charge in [-0.15, -0.1) is 0 Å². The highest BCUT2D eigenvalue weighted by molar-refractivity contribution is 5.77. The fourth-order valence-electron chi connectivity index (χ4n) is 6.05. The Morgan fingerprint density at radius 3 is 2.48 bits per heavy atom. The summed E-state index contributed by atoms with van der Waals surface area (Å²) in [6, 6.07) is 12.5. The van der Waals surface area contributed by atoms with Crippen LogP contribution in [0.2, 0.25) is 0 Å². The minimum Gasteiger partial charge on any atom is -0.462 e. The number of hydrogen-bond acceptors (Lipinski definition) is 4. The second-order valence-corrected chi connectivity index (χ2v) is 11.2. The van der Waals surface area contributed by atoms with Gasteiger partial charge in [0.2, 0.25) is 5.91 Å². The van der Waals surface area contributed by atoms with Gasteiger partial charge in [0.25, 0.3) is 12.3 Å². The van der Waals surface area contributed by atoms with Crippen molar-refractivity contribution in [2.24, 2.45) is 5.92 Å². The van der Waals surface area contributed by atoms with Crippen LogP contribution >= 0.6 is 0 Å². The Hall–Kier alpha value is -4.61. The molecule has 1 amide bonds. The maximum absolute atomic E-state index is 15.1. The van der Waals surface area contributed by atoms with Gasteiger partial charge in [-0.3, -0.25) is 14.5 Å². The second kappa shape index (κ2) is 10.5. The normalized spacial score (nSPS) is 19.7. The molecule has 1 saturated carbocycles. The summed E-state index contributed by atoms with van der Waals surface area (Å²) in [5, 5.41) is 6.46. The third-order valence-electron chi connectivity index (χ3n) is 8.11. The molecule has 0 bridgehead atoms. The lowest BCUT2D eigenvalue weighted by Gasteiger charge is -2.22. The molecule has 0 radical (unpaired) electrons. The molecule has 44 heavy (non-hydrogen) atoms. The van der Waals surface area contributed by atoms with E-state index in [1.165, 1.54) is 6.20 Å². The van der Waals surface area contributed by atoms with Crippen LogP contribution in [-0.2, 0) is 23.7 Å². The number of rotatable bonds is 10. The zero-order chi connectivity index (χ0) is 30.7. The highest BCUT2D eigenvalue weighted by Gasteiger charge is 2.67. The maximum atomic E-state index is 15.1. The molecule has 2 aromatic heterocycles. The minimum absolute atomic E-state index is 0.0945. The summed E-state index contributed by atoms with van der Waals surface area (Å²) >= 11 is 0. The molecule has 0 spiro atoms. The van der Waals surface area contributed by atoms with Gasteiger partial charge in [0, 0.05) is 35.7 Å². The van der Waals surface area contributed by atoms with Crippen molar-refractivity contribution in [2.75, 3.05) is 0 Å². The predicted molar refractivity (Wildman–Crippen MR) is 146 cm³/mol. The molecule has 2 aromatic carbocycles. The van der Waals surface area contributed by atoms with Crippen LogP contribution in [0.5, 0.6) is 5.75 Å². The van der Waals surface area contributed by atoms with E-state index in [9.17, 15) is 22.4 Å². The zero-order valence-electron chi connectivity index (χ0n) is 22.9. The Balaban J connectivity index is 1.21. The number of amides is 1. The van der Waals surface area contributed by atoms with E-state index in [1.807, 2.05) is 6.08 Å². The Morgan fingerprint density at radius 1 is 1.07 bits per heavy atom. The van der Waals surface area contributed by atoms with Crippen molar-refractivity contribution >= 4 is 5.91 Å². The van der Waals surface area contributed by atoms with Gasteiger partial charge in [0.05, 0.1) is 11.7 Å². The first-order valence-electron chi connectivity index (χ1n) is 14.0. The molecular weight excluding hydrogens is 586 g/mol. The van der Waals surface area contributed by atoms with Crippen LogP contribution < -0.4 is 10.1 Å². The average molecular weight is 611 g/mol. The quantitative estimate of drug-likeness (QED) is 0.194. The summed E-state index contributed by atoms with van der Waals surface area (Å²) in [6.07, 6.45) is 1.12. The number of carbonyl (C=O) groups excluding carboxylic acids is 1. The number of allylic oxidation sites excluding steroid dienone is 2. The minimum atomic E-state index is -3.39. The van der Waals surface area contributed by atoms with E-state index in [0.717, 1.165) is 24.3 Å². The van der Waals surface area contributed by atoms with E-state index >= 15 is 8.78 Å². The van der Waals surface area contributed by atoms with Gasteiger partial charge in [0.15, 0.2) is 0 Å². The first kappa shape index (κ1) is 28.2. The van der Waals surface area contributed by atoms with E-state index in [2.05, 4.69) is 15.4 Å². The van der Waals surface area contributed by atoms with Crippen LogP contribution in [0.3, 0.4) is 0 Å². The summed E-state index contributed by atoms with van der Waals surface area (Å²) in [6.45, 7) is -0.762. The first-order valence-corrected chi connectivity index (χ1v) is 14.0. The summed E-state index contributed by atoms with van der Waals surface area (Å²) in [5.41, 5.74) is 0.287. The first-order chi connectivity index (χ1) is 21.1. The van der Waals surface area contributed by atoms with Gasteiger partial charge in [-0.1, -0.05) is 18.2 Å². The van der Waals surface area contributed by atoms with E-state index in [0.29, 0.717) is 33.3 Å². The van der Waals surface area contributed by atoms with E-state index in [-0.39, 0.29) is 24.0 Å². The third kappa shape index (κ3) is 5.22.